The van der Waals surface area contributed by atoms with E-state index >= 15 is 0 Å². The van der Waals surface area contributed by atoms with Crippen LogP contribution in [0, 0.1) is 17.3 Å². The summed E-state index contributed by atoms with van der Waals surface area (Å²) in [6.07, 6.45) is 4.61. The smallest absolute Gasteiger partial charge is 0.0730 e. The van der Waals surface area contributed by atoms with Gasteiger partial charge in [-0.15, -0.1) is 0 Å². The van der Waals surface area contributed by atoms with E-state index in [9.17, 15) is 10.2 Å². The van der Waals surface area contributed by atoms with Gasteiger partial charge in [-0.05, 0) is 43.9 Å². The lowest BCUT2D eigenvalue weighted by atomic mass is 9.59. The average Bonchev–Trinajstić information content (AvgIpc) is 2.18. The molecule has 1 saturated carbocycles. The summed E-state index contributed by atoms with van der Waals surface area (Å²) >= 11 is 0. The van der Waals surface area contributed by atoms with E-state index in [-0.39, 0.29) is 12.0 Å². The van der Waals surface area contributed by atoms with Crippen molar-refractivity contribution in [1.29, 1.82) is 0 Å². The molecule has 2 nitrogen and oxygen atoms in total. The Balaban J connectivity index is 2.96. The van der Waals surface area contributed by atoms with Crippen LogP contribution in [-0.4, -0.2) is 22.4 Å². The average molecular weight is 228 g/mol. The Morgan fingerprint density at radius 3 is 1.88 bits per heavy atom. The van der Waals surface area contributed by atoms with Gasteiger partial charge in [-0.2, -0.15) is 0 Å². The molecule has 1 aliphatic rings. The molecule has 0 saturated heterocycles. The van der Waals surface area contributed by atoms with Gasteiger partial charge in [-0.3, -0.25) is 0 Å². The Morgan fingerprint density at radius 2 is 1.56 bits per heavy atom. The van der Waals surface area contributed by atoms with Crippen LogP contribution in [0.1, 0.15) is 59.8 Å². The van der Waals surface area contributed by atoms with Crippen molar-refractivity contribution >= 4 is 0 Å². The maximum Gasteiger partial charge on any atom is 0.0730 e. The van der Waals surface area contributed by atoms with E-state index in [2.05, 4.69) is 27.7 Å². The second-order valence-electron chi connectivity index (χ2n) is 6.03. The highest BCUT2D eigenvalue weighted by Gasteiger charge is 2.50. The molecule has 0 aromatic rings. The second kappa shape index (κ2) is 5.05. The molecule has 1 aliphatic carbocycles. The minimum atomic E-state index is -0.664. The molecule has 0 aliphatic heterocycles. The van der Waals surface area contributed by atoms with Crippen molar-refractivity contribution < 1.29 is 10.2 Å². The number of aliphatic hydroxyl groups excluding tert-OH is 1. The Bertz CT molecular complexity index is 203. The lowest BCUT2D eigenvalue weighted by molar-refractivity contribution is -0.152. The SMILES string of the molecule is CCC(CC)(CO)C1(O)CC(C)CC(C)C1. The molecule has 16 heavy (non-hydrogen) atoms. The maximum absolute atomic E-state index is 11.0. The van der Waals surface area contributed by atoms with E-state index in [0.717, 1.165) is 25.7 Å². The van der Waals surface area contributed by atoms with Gasteiger partial charge >= 0.3 is 0 Å². The van der Waals surface area contributed by atoms with Gasteiger partial charge in [-0.1, -0.05) is 27.7 Å². The Hall–Kier alpha value is -0.0800. The standard InChI is InChI=1S/C14H28O2/c1-5-13(6-2,10-15)14(16)8-11(3)7-12(4)9-14/h11-12,15-16H,5-10H2,1-4H3. The third kappa shape index (κ3) is 2.28. The van der Waals surface area contributed by atoms with Crippen molar-refractivity contribution in [3.05, 3.63) is 0 Å². The predicted octanol–water partition coefficient (Wildman–Crippen LogP) is 2.97. The summed E-state index contributed by atoms with van der Waals surface area (Å²) in [4.78, 5) is 0. The first kappa shape index (κ1) is 14.0. The van der Waals surface area contributed by atoms with E-state index in [1.807, 2.05) is 0 Å². The van der Waals surface area contributed by atoms with Crippen molar-refractivity contribution in [1.82, 2.24) is 0 Å². The quantitative estimate of drug-likeness (QED) is 0.776. The highest BCUT2D eigenvalue weighted by atomic mass is 16.3. The zero-order valence-corrected chi connectivity index (χ0v) is 11.3. The molecule has 0 bridgehead atoms. The van der Waals surface area contributed by atoms with Crippen molar-refractivity contribution in [2.24, 2.45) is 17.3 Å². The molecule has 0 radical (unpaired) electrons. The molecule has 2 N–H and O–H groups in total. The van der Waals surface area contributed by atoms with Crippen molar-refractivity contribution in [3.8, 4) is 0 Å². The minimum absolute atomic E-state index is 0.107. The predicted molar refractivity (Wildman–Crippen MR) is 67.2 cm³/mol. The van der Waals surface area contributed by atoms with Gasteiger partial charge in [0.15, 0.2) is 0 Å². The van der Waals surface area contributed by atoms with E-state index in [0.29, 0.717) is 11.8 Å². The van der Waals surface area contributed by atoms with Gasteiger partial charge in [0.1, 0.15) is 0 Å². The molecule has 1 rings (SSSR count). The molecule has 0 spiro atoms. The third-order valence-electron chi connectivity index (χ3n) is 4.82. The second-order valence-corrected chi connectivity index (χ2v) is 6.03. The fraction of sp³-hybridized carbons (Fsp3) is 1.00. The van der Waals surface area contributed by atoms with Gasteiger partial charge in [0.2, 0.25) is 0 Å². The molecule has 2 unspecified atom stereocenters. The van der Waals surface area contributed by atoms with Gasteiger partial charge in [0.25, 0.3) is 0 Å². The van der Waals surface area contributed by atoms with E-state index in [1.54, 1.807) is 0 Å². The summed E-state index contributed by atoms with van der Waals surface area (Å²) in [5, 5.41) is 20.7. The fourth-order valence-electron chi connectivity index (χ4n) is 3.80. The molecular formula is C14H28O2. The monoisotopic (exact) mass is 228 g/mol. The number of rotatable bonds is 4. The molecule has 0 heterocycles. The zero-order valence-electron chi connectivity index (χ0n) is 11.3. The van der Waals surface area contributed by atoms with E-state index in [1.165, 1.54) is 6.42 Å². The zero-order chi connectivity index (χ0) is 12.4. The van der Waals surface area contributed by atoms with Gasteiger partial charge in [-0.25, -0.2) is 0 Å². The largest absolute Gasteiger partial charge is 0.396 e. The first-order valence-corrected chi connectivity index (χ1v) is 6.76. The van der Waals surface area contributed by atoms with Gasteiger partial charge in [0, 0.05) is 5.41 Å². The number of aliphatic hydroxyl groups is 2. The summed E-state index contributed by atoms with van der Waals surface area (Å²) in [6, 6.07) is 0. The number of hydrogen-bond donors (Lipinski definition) is 2. The molecular weight excluding hydrogens is 200 g/mol. The summed E-state index contributed by atoms with van der Waals surface area (Å²) in [6.45, 7) is 8.71. The van der Waals surface area contributed by atoms with Crippen LogP contribution in [0.25, 0.3) is 0 Å². The van der Waals surface area contributed by atoms with Crippen LogP contribution < -0.4 is 0 Å². The normalized spacial score (nSPS) is 36.4. The lowest BCUT2D eigenvalue weighted by Gasteiger charge is -2.51. The highest BCUT2D eigenvalue weighted by molar-refractivity contribution is 5.01. The van der Waals surface area contributed by atoms with Crippen LogP contribution >= 0.6 is 0 Å². The van der Waals surface area contributed by atoms with Crippen LogP contribution in [0.5, 0.6) is 0 Å². The summed E-state index contributed by atoms with van der Waals surface area (Å²) in [7, 11) is 0. The van der Waals surface area contributed by atoms with Crippen LogP contribution in [0.2, 0.25) is 0 Å². The molecule has 0 aromatic heterocycles. The van der Waals surface area contributed by atoms with Crippen LogP contribution in [0.4, 0.5) is 0 Å². The van der Waals surface area contributed by atoms with Gasteiger partial charge in [0.05, 0.1) is 12.2 Å². The van der Waals surface area contributed by atoms with Gasteiger partial charge < -0.3 is 10.2 Å². The molecule has 2 heteroatoms. The third-order valence-corrected chi connectivity index (χ3v) is 4.82. The highest BCUT2D eigenvalue weighted by Crippen LogP contribution is 2.49. The summed E-state index contributed by atoms with van der Waals surface area (Å²) in [5.41, 5.74) is -0.960. The topological polar surface area (TPSA) is 40.5 Å². The van der Waals surface area contributed by atoms with E-state index in [4.69, 9.17) is 0 Å². The Kier molecular flexibility index (Phi) is 4.42. The van der Waals surface area contributed by atoms with Crippen LogP contribution in [0.15, 0.2) is 0 Å². The molecule has 2 atom stereocenters. The summed E-state index contributed by atoms with van der Waals surface area (Å²) < 4.78 is 0. The molecule has 96 valence electrons. The minimum Gasteiger partial charge on any atom is -0.396 e. The van der Waals surface area contributed by atoms with Crippen LogP contribution in [0.3, 0.4) is 0 Å². The Labute approximate surface area is 100 Å². The summed E-state index contributed by atoms with van der Waals surface area (Å²) in [5.74, 6) is 1.13. The fourth-order valence-corrected chi connectivity index (χ4v) is 3.80. The van der Waals surface area contributed by atoms with Crippen molar-refractivity contribution in [2.45, 2.75) is 65.4 Å². The Morgan fingerprint density at radius 1 is 1.12 bits per heavy atom. The lowest BCUT2D eigenvalue weighted by Crippen LogP contribution is -2.54. The first-order valence-electron chi connectivity index (χ1n) is 6.76. The van der Waals surface area contributed by atoms with Crippen molar-refractivity contribution in [3.63, 3.8) is 0 Å². The molecule has 0 aromatic carbocycles. The molecule has 0 amide bonds. The molecule has 1 fully saturated rings. The van der Waals surface area contributed by atoms with E-state index < -0.39 is 5.60 Å². The van der Waals surface area contributed by atoms with Crippen molar-refractivity contribution in [2.75, 3.05) is 6.61 Å². The van der Waals surface area contributed by atoms with Crippen LogP contribution in [-0.2, 0) is 0 Å². The first-order chi connectivity index (χ1) is 7.43. The maximum atomic E-state index is 11.0. The number of hydrogen-bond acceptors (Lipinski definition) is 2.